The number of aromatic carboxylic acids is 2. The smallest absolute Gasteiger partial charge is 0.545 e. The van der Waals surface area contributed by atoms with Gasteiger partial charge in [0.2, 0.25) is 0 Å². The predicted octanol–water partition coefficient (Wildman–Crippen LogP) is -0.648. The number of para-hydroxylation sites is 2. The van der Waals surface area contributed by atoms with Crippen LogP contribution in [0.4, 0.5) is 22.7 Å². The quantitative estimate of drug-likeness (QED) is 0.267. The first-order chi connectivity index (χ1) is 13.9. The molecule has 0 aliphatic rings. The largest absolute Gasteiger partial charge is 2.00 e. The van der Waals surface area contributed by atoms with E-state index in [2.05, 4.69) is 0 Å². The molecule has 0 radical (unpaired) electrons. The van der Waals surface area contributed by atoms with E-state index >= 15 is 0 Å². The zero-order chi connectivity index (χ0) is 23.2. The van der Waals surface area contributed by atoms with Crippen LogP contribution in [-0.2, 0) is 0 Å². The molecule has 0 amide bonds. The number of nitrogens with zero attached hydrogens (tertiary/aromatic N) is 4. The topological polar surface area (TPSA) is 253 Å². The Labute approximate surface area is 206 Å². The summed E-state index contributed by atoms with van der Waals surface area (Å²) in [6, 6.07) is 5.53. The van der Waals surface area contributed by atoms with Crippen LogP contribution in [0.2, 0.25) is 0 Å². The van der Waals surface area contributed by atoms with Crippen molar-refractivity contribution in [2.75, 3.05) is 0 Å². The van der Waals surface area contributed by atoms with Gasteiger partial charge in [-0.3, -0.25) is 40.5 Å². The van der Waals surface area contributed by atoms with E-state index in [0.717, 1.165) is 36.4 Å². The van der Waals surface area contributed by atoms with Crippen LogP contribution in [0.15, 0.2) is 36.4 Å². The first-order valence-electron chi connectivity index (χ1n) is 7.16. The van der Waals surface area contributed by atoms with E-state index in [1.165, 1.54) is 0 Å². The molecule has 0 spiro atoms. The Morgan fingerprint density at radius 3 is 1.06 bits per heavy atom. The molecule has 2 aromatic carbocycles. The van der Waals surface area contributed by atoms with Gasteiger partial charge in [0.05, 0.1) is 42.8 Å². The number of carboxylic acid groups (broad SMARTS) is 2. The van der Waals surface area contributed by atoms with E-state index in [-0.39, 0.29) is 45.5 Å². The van der Waals surface area contributed by atoms with Gasteiger partial charge in [-0.25, -0.2) is 0 Å². The number of nitro benzene ring substituents is 4. The van der Waals surface area contributed by atoms with E-state index < -0.39 is 65.5 Å². The monoisotopic (exact) mass is 510 g/mol. The third-order valence-corrected chi connectivity index (χ3v) is 3.23. The molecule has 0 aliphatic heterocycles. The van der Waals surface area contributed by atoms with Gasteiger partial charge in [0.25, 0.3) is 0 Å². The molecule has 2 rings (SSSR count). The number of benzene rings is 2. The van der Waals surface area contributed by atoms with Crippen LogP contribution in [-0.4, -0.2) is 77.1 Å². The molecule has 31 heavy (non-hydrogen) atoms. The van der Waals surface area contributed by atoms with Crippen molar-refractivity contribution in [1.82, 2.24) is 0 Å². The van der Waals surface area contributed by atoms with Gasteiger partial charge in [-0.15, -0.1) is 0 Å². The average Bonchev–Trinajstić information content (AvgIpc) is 2.66. The second kappa shape index (κ2) is 11.6. The van der Waals surface area contributed by atoms with E-state index in [0.29, 0.717) is 0 Å². The van der Waals surface area contributed by atoms with Crippen molar-refractivity contribution in [3.05, 3.63) is 88.0 Å². The molecule has 17 heteroatoms. The van der Waals surface area contributed by atoms with E-state index in [4.69, 9.17) is 0 Å². The SMILES string of the molecule is O=C([O-])c1cccc([N+](=O)[O-])c1[N+](=O)[O-].O=C([O-])c1cccc([N+](=O)[O-])c1[N+](=O)[O-].[Sr+2]. The fourth-order valence-corrected chi connectivity index (χ4v) is 2.07. The maximum Gasteiger partial charge on any atom is 2.00 e. The van der Waals surface area contributed by atoms with E-state index in [1.54, 1.807) is 0 Å². The summed E-state index contributed by atoms with van der Waals surface area (Å²) in [6.45, 7) is 0. The van der Waals surface area contributed by atoms with E-state index in [9.17, 15) is 60.3 Å². The predicted molar refractivity (Wildman–Crippen MR) is 93.9 cm³/mol. The van der Waals surface area contributed by atoms with Crippen molar-refractivity contribution < 1.29 is 39.5 Å². The van der Waals surface area contributed by atoms with Crippen molar-refractivity contribution >= 4 is 80.2 Å². The Balaban J connectivity index is 0.000000562. The maximum absolute atomic E-state index is 10.5. The third kappa shape index (κ3) is 6.74. The van der Waals surface area contributed by atoms with Crippen LogP contribution in [0, 0.1) is 40.5 Å². The van der Waals surface area contributed by atoms with Crippen LogP contribution < -0.4 is 10.2 Å². The molecule has 0 bridgehead atoms. The van der Waals surface area contributed by atoms with Crippen molar-refractivity contribution in [2.45, 2.75) is 0 Å². The van der Waals surface area contributed by atoms with Crippen molar-refractivity contribution in [1.29, 1.82) is 0 Å². The summed E-state index contributed by atoms with van der Waals surface area (Å²) >= 11 is 0. The van der Waals surface area contributed by atoms with Crippen LogP contribution in [0.1, 0.15) is 20.7 Å². The Morgan fingerprint density at radius 2 is 0.871 bits per heavy atom. The van der Waals surface area contributed by atoms with Crippen LogP contribution in [0.25, 0.3) is 0 Å². The minimum atomic E-state index is -1.83. The van der Waals surface area contributed by atoms with Crippen LogP contribution in [0.5, 0.6) is 0 Å². The number of hydrogen-bond donors (Lipinski definition) is 0. The van der Waals surface area contributed by atoms with Gasteiger partial charge in [-0.05, 0) is 12.1 Å². The Morgan fingerprint density at radius 1 is 0.581 bits per heavy atom. The van der Waals surface area contributed by atoms with Gasteiger partial charge >= 0.3 is 68.2 Å². The zero-order valence-corrected chi connectivity index (χ0v) is 18.3. The minimum absolute atomic E-state index is 0. The molecule has 0 unspecified atom stereocenters. The molecule has 156 valence electrons. The van der Waals surface area contributed by atoms with Crippen molar-refractivity contribution in [2.24, 2.45) is 0 Å². The van der Waals surface area contributed by atoms with Gasteiger partial charge in [0.1, 0.15) is 0 Å². The molecule has 0 saturated carbocycles. The Bertz CT molecular complexity index is 937. The molecular formula is C14H6N4O12Sr. The Kier molecular flexibility index (Phi) is 10.3. The standard InChI is InChI=1S/2C7H4N2O6.Sr/c2*10-7(11)4-2-1-3-5(8(12)13)6(4)9(14)15;/h2*1-3H,(H,10,11);/q;;+2/p-2. The summed E-state index contributed by atoms with van der Waals surface area (Å²) in [5, 5.41) is 62.6. The summed E-state index contributed by atoms with van der Waals surface area (Å²) in [7, 11) is 0. The molecule has 0 fully saturated rings. The number of rotatable bonds is 6. The number of hydrogen-bond acceptors (Lipinski definition) is 12. The fourth-order valence-electron chi connectivity index (χ4n) is 2.07. The molecule has 16 nitrogen and oxygen atoms in total. The van der Waals surface area contributed by atoms with Gasteiger partial charge in [-0.1, -0.05) is 12.1 Å². The molecule has 0 heterocycles. The molecule has 0 saturated heterocycles. The summed E-state index contributed by atoms with van der Waals surface area (Å²) in [4.78, 5) is 58.3. The molecule has 0 atom stereocenters. The number of carbonyl (C=O) groups excluding carboxylic acids is 2. The molecule has 0 aliphatic carbocycles. The summed E-state index contributed by atoms with van der Waals surface area (Å²) < 4.78 is 0. The van der Waals surface area contributed by atoms with Gasteiger partial charge in [0.15, 0.2) is 0 Å². The minimum Gasteiger partial charge on any atom is -0.545 e. The van der Waals surface area contributed by atoms with Gasteiger partial charge < -0.3 is 19.8 Å². The normalized spacial score (nSPS) is 9.29. The summed E-state index contributed by atoms with van der Waals surface area (Å²) in [5.74, 6) is -3.66. The first kappa shape index (κ1) is 27.5. The van der Waals surface area contributed by atoms with Gasteiger partial charge in [-0.2, -0.15) is 0 Å². The Hall–Kier alpha value is -3.54. The second-order valence-electron chi connectivity index (χ2n) is 4.95. The third-order valence-electron chi connectivity index (χ3n) is 3.23. The number of carboxylic acids is 2. The van der Waals surface area contributed by atoms with Gasteiger partial charge in [0, 0.05) is 12.1 Å². The van der Waals surface area contributed by atoms with Crippen LogP contribution in [0.3, 0.4) is 0 Å². The molecule has 0 aromatic heterocycles. The molecule has 2 aromatic rings. The first-order valence-corrected chi connectivity index (χ1v) is 7.16. The van der Waals surface area contributed by atoms with E-state index in [1.807, 2.05) is 0 Å². The fraction of sp³-hybridized carbons (Fsp3) is 0. The average molecular weight is 510 g/mol. The second-order valence-corrected chi connectivity index (χ2v) is 4.95. The van der Waals surface area contributed by atoms with Crippen molar-refractivity contribution in [3.63, 3.8) is 0 Å². The maximum atomic E-state index is 10.5. The van der Waals surface area contributed by atoms with Crippen molar-refractivity contribution in [3.8, 4) is 0 Å². The summed E-state index contributed by atoms with van der Waals surface area (Å²) in [6.07, 6.45) is 0. The molecule has 0 N–H and O–H groups in total. The number of carbonyl (C=O) groups is 2. The molecular weight excluding hydrogens is 504 g/mol. The zero-order valence-electron chi connectivity index (χ0n) is 14.9. The van der Waals surface area contributed by atoms with Crippen LogP contribution >= 0.6 is 0 Å². The number of nitro groups is 4. The summed E-state index contributed by atoms with van der Waals surface area (Å²) in [5.41, 5.74) is -5.50.